The molecule has 0 spiro atoms. The van der Waals surface area contributed by atoms with Gasteiger partial charge in [-0.05, 0) is 60.7 Å². The first-order valence-electron chi connectivity index (χ1n) is 17.2. The zero-order valence-electron chi connectivity index (χ0n) is 28.7. The van der Waals surface area contributed by atoms with E-state index in [-0.39, 0.29) is 25.2 Å². The molecule has 2 N–H and O–H groups in total. The molecule has 0 bridgehead atoms. The molecule has 55 heavy (non-hydrogen) atoms. The number of nitrogens with one attached hydrogen (secondary N) is 2. The largest absolute Gasteiger partial charge is 2.00 e. The van der Waals surface area contributed by atoms with Crippen LogP contribution in [-0.4, -0.2) is 49.8 Å². The van der Waals surface area contributed by atoms with Crippen LogP contribution in [0.3, 0.4) is 0 Å². The van der Waals surface area contributed by atoms with Crippen LogP contribution in [0.15, 0.2) is 151 Å². The third kappa shape index (κ3) is 6.04. The predicted molar refractivity (Wildman–Crippen MR) is 214 cm³/mol. The van der Waals surface area contributed by atoms with Crippen molar-refractivity contribution >= 4 is 98.5 Å². The van der Waals surface area contributed by atoms with Gasteiger partial charge in [-0.1, -0.05) is 48.5 Å². The quantitative estimate of drug-likeness (QED) is 0.0873. The van der Waals surface area contributed by atoms with Gasteiger partial charge in [-0.3, -0.25) is 29.9 Å². The number of fused-ring (bicyclic) bond motifs is 14. The molecule has 0 atom stereocenters. The fraction of sp³-hybridized carbons (Fsp3) is 0. The van der Waals surface area contributed by atoms with E-state index in [4.69, 9.17) is 9.97 Å². The third-order valence-electron chi connectivity index (χ3n) is 9.34. The topological polar surface area (TPSA) is 152 Å². The Balaban J connectivity index is 0.000000117. The van der Waals surface area contributed by atoms with E-state index in [1.54, 1.807) is 37.2 Å². The molecular weight excluding hydrogens is 774 g/mol. The van der Waals surface area contributed by atoms with Crippen molar-refractivity contribution in [2.24, 2.45) is 0 Å². The SMILES string of the molecule is O=c1[nH]c2cc3nc4c5cccnc5c5ncccc5c4nc3cc2[nH]1.[Ru+2].c1cnc2c(c1)ccc1cccnc12.c1cnc2c(c1)ccc1cccnc12. The van der Waals surface area contributed by atoms with Crippen LogP contribution >= 0.6 is 0 Å². The second-order valence-corrected chi connectivity index (χ2v) is 12.6. The molecule has 0 aliphatic heterocycles. The summed E-state index contributed by atoms with van der Waals surface area (Å²) in [6, 6.07) is 35.7. The van der Waals surface area contributed by atoms with Crippen LogP contribution in [0.2, 0.25) is 0 Å². The first-order valence-corrected chi connectivity index (χ1v) is 17.2. The minimum Gasteiger partial charge on any atom is -0.306 e. The van der Waals surface area contributed by atoms with Crippen LogP contribution < -0.4 is 5.69 Å². The third-order valence-corrected chi connectivity index (χ3v) is 9.34. The average Bonchev–Trinajstić information content (AvgIpc) is 3.61. The Bertz CT molecular complexity index is 3120. The van der Waals surface area contributed by atoms with Crippen molar-refractivity contribution in [3.05, 3.63) is 157 Å². The molecule has 8 aromatic heterocycles. The van der Waals surface area contributed by atoms with Gasteiger partial charge < -0.3 is 9.97 Å². The number of aromatic nitrogens is 10. The Morgan fingerprint density at radius 1 is 0.364 bits per heavy atom. The number of pyridine rings is 6. The van der Waals surface area contributed by atoms with Crippen LogP contribution in [0, 0.1) is 0 Å². The maximum absolute atomic E-state index is 11.6. The van der Waals surface area contributed by atoms with E-state index >= 15 is 0 Å². The molecule has 12 aromatic rings. The fourth-order valence-corrected chi connectivity index (χ4v) is 6.89. The van der Waals surface area contributed by atoms with Crippen LogP contribution in [0.25, 0.3) is 98.5 Å². The van der Waals surface area contributed by atoms with Crippen LogP contribution in [0.4, 0.5) is 0 Å². The standard InChI is InChI=1S/C19H10N6O.2C12H8N2.Ru/c26-19-24-13-7-11-12(8-14(13)25-19)23-18-10-4-2-6-21-16(10)15-9(17(18)22-11)3-1-5-20-15;2*1-3-9-5-6-10-4-2-8-14-12(10)11(9)13-7-1;/h1-8H,(H2,24,25,26);2*1-8H;/q;;;+2. The molecule has 0 unspecified atom stereocenters. The summed E-state index contributed by atoms with van der Waals surface area (Å²) >= 11 is 0. The van der Waals surface area contributed by atoms with Crippen molar-refractivity contribution in [3.8, 4) is 0 Å². The van der Waals surface area contributed by atoms with Gasteiger partial charge in [0, 0.05) is 69.5 Å². The molecule has 12 rings (SSSR count). The van der Waals surface area contributed by atoms with E-state index in [2.05, 4.69) is 88.4 Å². The molecule has 11 nitrogen and oxygen atoms in total. The molecule has 0 amide bonds. The number of benzene rings is 4. The fourth-order valence-electron chi connectivity index (χ4n) is 6.89. The normalized spacial score (nSPS) is 11.2. The Morgan fingerprint density at radius 3 is 1.02 bits per heavy atom. The molecular formula is C43H26N10ORu+2. The van der Waals surface area contributed by atoms with E-state index < -0.39 is 0 Å². The smallest absolute Gasteiger partial charge is 0.306 e. The molecule has 0 saturated carbocycles. The summed E-state index contributed by atoms with van der Waals surface area (Å²) in [6.45, 7) is 0. The van der Waals surface area contributed by atoms with Gasteiger partial charge in [0.2, 0.25) is 0 Å². The summed E-state index contributed by atoms with van der Waals surface area (Å²) in [6.07, 6.45) is 10.7. The van der Waals surface area contributed by atoms with Crippen LogP contribution in [0.5, 0.6) is 0 Å². The van der Waals surface area contributed by atoms with Gasteiger partial charge in [0.15, 0.2) is 0 Å². The number of H-pyrrole nitrogens is 2. The maximum Gasteiger partial charge on any atom is 2.00 e. The van der Waals surface area contributed by atoms with Gasteiger partial charge in [-0.2, -0.15) is 0 Å². The van der Waals surface area contributed by atoms with Gasteiger partial charge >= 0.3 is 25.2 Å². The van der Waals surface area contributed by atoms with E-state index in [0.717, 1.165) is 76.5 Å². The molecule has 0 radical (unpaired) electrons. The number of hydrogen-bond donors (Lipinski definition) is 2. The predicted octanol–water partition coefficient (Wildman–Crippen LogP) is 8.61. The molecule has 0 aliphatic rings. The van der Waals surface area contributed by atoms with Crippen molar-refractivity contribution in [2.75, 3.05) is 0 Å². The second kappa shape index (κ2) is 14.0. The molecule has 4 aromatic carbocycles. The first-order chi connectivity index (χ1) is 26.7. The van der Waals surface area contributed by atoms with Crippen molar-refractivity contribution < 1.29 is 19.5 Å². The first kappa shape index (κ1) is 33.7. The van der Waals surface area contributed by atoms with E-state index in [9.17, 15) is 4.79 Å². The summed E-state index contributed by atoms with van der Waals surface area (Å²) in [4.78, 5) is 53.2. The molecule has 12 heteroatoms. The zero-order chi connectivity index (χ0) is 36.0. The average molecular weight is 800 g/mol. The van der Waals surface area contributed by atoms with E-state index in [1.807, 2.05) is 60.7 Å². The van der Waals surface area contributed by atoms with Crippen LogP contribution in [-0.2, 0) is 19.5 Å². The maximum atomic E-state index is 11.6. The molecule has 8 heterocycles. The van der Waals surface area contributed by atoms with E-state index in [1.165, 1.54) is 0 Å². The second-order valence-electron chi connectivity index (χ2n) is 12.6. The van der Waals surface area contributed by atoms with Gasteiger partial charge in [-0.25, -0.2) is 14.8 Å². The summed E-state index contributed by atoms with van der Waals surface area (Å²) < 4.78 is 0. The van der Waals surface area contributed by atoms with Gasteiger partial charge in [0.1, 0.15) is 0 Å². The number of nitrogens with zero attached hydrogens (tertiary/aromatic N) is 8. The summed E-state index contributed by atoms with van der Waals surface area (Å²) in [5.74, 6) is 0. The minimum atomic E-state index is -0.246. The molecule has 0 fully saturated rings. The molecule has 260 valence electrons. The van der Waals surface area contributed by atoms with Gasteiger partial charge in [-0.15, -0.1) is 0 Å². The van der Waals surface area contributed by atoms with E-state index in [0.29, 0.717) is 22.1 Å². The number of imidazole rings is 1. The molecule has 0 aliphatic carbocycles. The van der Waals surface area contributed by atoms with Gasteiger partial charge in [0.25, 0.3) is 0 Å². The number of rotatable bonds is 0. The monoisotopic (exact) mass is 800 g/mol. The summed E-state index contributed by atoms with van der Waals surface area (Å²) in [7, 11) is 0. The molecule has 0 saturated heterocycles. The number of aromatic amines is 2. The Labute approximate surface area is 323 Å². The summed E-state index contributed by atoms with van der Waals surface area (Å²) in [5, 5.41) is 6.37. The van der Waals surface area contributed by atoms with Crippen molar-refractivity contribution in [1.29, 1.82) is 0 Å². The van der Waals surface area contributed by atoms with Crippen molar-refractivity contribution in [3.63, 3.8) is 0 Å². The number of hydrogen-bond acceptors (Lipinski definition) is 9. The Morgan fingerprint density at radius 2 is 0.673 bits per heavy atom. The van der Waals surface area contributed by atoms with Gasteiger partial charge in [0.05, 0.1) is 66.2 Å². The van der Waals surface area contributed by atoms with Crippen molar-refractivity contribution in [2.45, 2.75) is 0 Å². The Kier molecular flexibility index (Phi) is 8.57. The minimum absolute atomic E-state index is 0. The van der Waals surface area contributed by atoms with Crippen molar-refractivity contribution in [1.82, 2.24) is 49.8 Å². The Hall–Kier alpha value is -7.17. The zero-order valence-corrected chi connectivity index (χ0v) is 30.4. The summed E-state index contributed by atoms with van der Waals surface area (Å²) in [5.41, 5.74) is 9.68. The van der Waals surface area contributed by atoms with Crippen LogP contribution in [0.1, 0.15) is 0 Å².